The summed E-state index contributed by atoms with van der Waals surface area (Å²) in [5.41, 5.74) is 7.54. The average molecular weight is 225 g/mol. The molecule has 0 unspecified atom stereocenters. The van der Waals surface area contributed by atoms with Crippen molar-refractivity contribution in [3.63, 3.8) is 0 Å². The number of likely N-dealkylation sites (N-methyl/N-ethyl adjacent to an activating group) is 1. The van der Waals surface area contributed by atoms with E-state index in [9.17, 15) is 0 Å². The molecular formula is C11H23N5. The predicted molar refractivity (Wildman–Crippen MR) is 68.6 cm³/mol. The van der Waals surface area contributed by atoms with Gasteiger partial charge in [0.1, 0.15) is 5.82 Å². The zero-order valence-electron chi connectivity index (χ0n) is 10.9. The zero-order chi connectivity index (χ0) is 12.3. The lowest BCUT2D eigenvalue weighted by Gasteiger charge is -2.21. The second-order valence-corrected chi connectivity index (χ2v) is 4.47. The van der Waals surface area contributed by atoms with Crippen LogP contribution in [0.25, 0.3) is 0 Å². The van der Waals surface area contributed by atoms with Crippen LogP contribution in [0.15, 0.2) is 0 Å². The predicted octanol–water partition coefficient (Wildman–Crippen LogP) is 1.06. The Hall–Kier alpha value is -1.23. The molecule has 0 aliphatic rings. The molecule has 1 aromatic heterocycles. The number of hydrogen-bond donors (Lipinski definition) is 2. The van der Waals surface area contributed by atoms with E-state index in [-0.39, 0.29) is 0 Å². The molecule has 16 heavy (non-hydrogen) atoms. The molecule has 0 fully saturated rings. The van der Waals surface area contributed by atoms with Crippen molar-refractivity contribution in [2.75, 3.05) is 31.2 Å². The normalized spacial score (nSPS) is 11.4. The van der Waals surface area contributed by atoms with Crippen LogP contribution in [-0.2, 0) is 7.05 Å². The highest BCUT2D eigenvalue weighted by Gasteiger charge is 2.09. The van der Waals surface area contributed by atoms with Crippen LogP contribution in [0, 0.1) is 6.92 Å². The molecule has 5 heteroatoms. The van der Waals surface area contributed by atoms with Crippen molar-refractivity contribution >= 4 is 11.5 Å². The highest BCUT2D eigenvalue weighted by atomic mass is 15.3. The lowest BCUT2D eigenvalue weighted by Crippen LogP contribution is -2.31. The molecule has 0 atom stereocenters. The summed E-state index contributed by atoms with van der Waals surface area (Å²) in [6.45, 7) is 8.14. The molecule has 0 saturated carbocycles. The molecule has 0 aliphatic carbocycles. The van der Waals surface area contributed by atoms with Crippen LogP contribution in [0.5, 0.6) is 0 Å². The minimum absolute atomic E-state index is 0.562. The molecule has 0 amide bonds. The van der Waals surface area contributed by atoms with Crippen molar-refractivity contribution in [3.05, 3.63) is 5.69 Å². The van der Waals surface area contributed by atoms with Crippen molar-refractivity contribution in [3.8, 4) is 0 Å². The SMILES string of the molecule is Cc1nn(C)c(NCCN(C)C(C)C)c1N. The third kappa shape index (κ3) is 2.88. The molecule has 0 saturated heterocycles. The molecule has 1 heterocycles. The summed E-state index contributed by atoms with van der Waals surface area (Å²) >= 11 is 0. The Bertz CT molecular complexity index is 342. The van der Waals surface area contributed by atoms with Crippen molar-refractivity contribution in [2.24, 2.45) is 7.05 Å². The number of nitrogens with zero attached hydrogens (tertiary/aromatic N) is 3. The minimum atomic E-state index is 0.562. The van der Waals surface area contributed by atoms with Gasteiger partial charge >= 0.3 is 0 Å². The van der Waals surface area contributed by atoms with E-state index < -0.39 is 0 Å². The van der Waals surface area contributed by atoms with Gasteiger partial charge in [0, 0.05) is 26.2 Å². The van der Waals surface area contributed by atoms with E-state index in [1.54, 1.807) is 4.68 Å². The van der Waals surface area contributed by atoms with Gasteiger partial charge in [-0.3, -0.25) is 4.68 Å². The van der Waals surface area contributed by atoms with Crippen LogP contribution in [-0.4, -0.2) is 40.9 Å². The van der Waals surface area contributed by atoms with Gasteiger partial charge in [-0.05, 0) is 27.8 Å². The van der Waals surface area contributed by atoms with Gasteiger partial charge in [-0.2, -0.15) is 5.10 Å². The summed E-state index contributed by atoms with van der Waals surface area (Å²) in [4.78, 5) is 2.28. The molecule has 0 aromatic carbocycles. The van der Waals surface area contributed by atoms with Gasteiger partial charge in [0.25, 0.3) is 0 Å². The third-order valence-corrected chi connectivity index (χ3v) is 2.91. The second-order valence-electron chi connectivity index (χ2n) is 4.47. The van der Waals surface area contributed by atoms with Gasteiger partial charge in [-0.15, -0.1) is 0 Å². The van der Waals surface area contributed by atoms with E-state index >= 15 is 0 Å². The van der Waals surface area contributed by atoms with Crippen molar-refractivity contribution in [2.45, 2.75) is 26.8 Å². The van der Waals surface area contributed by atoms with Crippen molar-refractivity contribution in [1.29, 1.82) is 0 Å². The quantitative estimate of drug-likeness (QED) is 0.787. The van der Waals surface area contributed by atoms with E-state index in [1.165, 1.54) is 0 Å². The largest absolute Gasteiger partial charge is 0.394 e. The van der Waals surface area contributed by atoms with E-state index in [1.807, 2.05) is 14.0 Å². The number of aromatic nitrogens is 2. The van der Waals surface area contributed by atoms with Crippen LogP contribution in [0.2, 0.25) is 0 Å². The molecule has 1 aromatic rings. The van der Waals surface area contributed by atoms with Crippen LogP contribution in [0.3, 0.4) is 0 Å². The molecule has 1 rings (SSSR count). The maximum Gasteiger partial charge on any atom is 0.147 e. The molecule has 0 bridgehead atoms. The fourth-order valence-electron chi connectivity index (χ4n) is 1.49. The summed E-state index contributed by atoms with van der Waals surface area (Å²) < 4.78 is 1.79. The van der Waals surface area contributed by atoms with Gasteiger partial charge in [-0.25, -0.2) is 0 Å². The molecular weight excluding hydrogens is 202 g/mol. The molecule has 3 N–H and O–H groups in total. The van der Waals surface area contributed by atoms with Crippen molar-refractivity contribution < 1.29 is 0 Å². The van der Waals surface area contributed by atoms with E-state index in [0.717, 1.165) is 30.3 Å². The Morgan fingerprint density at radius 1 is 1.50 bits per heavy atom. The Labute approximate surface area is 97.6 Å². The first-order chi connectivity index (χ1) is 7.43. The first-order valence-corrected chi connectivity index (χ1v) is 5.66. The number of nitrogens with one attached hydrogen (secondary N) is 1. The Balaban J connectivity index is 2.49. The standard InChI is InChI=1S/C11H23N5/c1-8(2)15(4)7-6-13-11-10(12)9(3)14-16(11)5/h8,13H,6-7,12H2,1-5H3. The maximum atomic E-state index is 5.92. The average Bonchev–Trinajstić information content (AvgIpc) is 2.44. The minimum Gasteiger partial charge on any atom is -0.394 e. The molecule has 0 spiro atoms. The lowest BCUT2D eigenvalue weighted by atomic mass is 10.3. The third-order valence-electron chi connectivity index (χ3n) is 2.91. The fraction of sp³-hybridized carbons (Fsp3) is 0.727. The summed E-state index contributed by atoms with van der Waals surface area (Å²) in [7, 11) is 4.02. The summed E-state index contributed by atoms with van der Waals surface area (Å²) in [5.74, 6) is 0.912. The number of anilines is 2. The Morgan fingerprint density at radius 2 is 2.12 bits per heavy atom. The number of rotatable bonds is 5. The molecule has 5 nitrogen and oxygen atoms in total. The monoisotopic (exact) mass is 225 g/mol. The van der Waals surface area contributed by atoms with Crippen LogP contribution in [0.4, 0.5) is 11.5 Å². The number of hydrogen-bond acceptors (Lipinski definition) is 4. The fourth-order valence-corrected chi connectivity index (χ4v) is 1.49. The number of nitrogen functional groups attached to an aromatic ring is 1. The lowest BCUT2D eigenvalue weighted by molar-refractivity contribution is 0.284. The van der Waals surface area contributed by atoms with Gasteiger partial charge in [0.05, 0.1) is 11.4 Å². The molecule has 0 aliphatic heterocycles. The summed E-state index contributed by atoms with van der Waals surface area (Å²) in [6, 6.07) is 0.562. The topological polar surface area (TPSA) is 59.1 Å². The second kappa shape index (κ2) is 5.21. The van der Waals surface area contributed by atoms with Crippen LogP contribution in [0.1, 0.15) is 19.5 Å². The summed E-state index contributed by atoms with van der Waals surface area (Å²) in [5, 5.41) is 7.58. The van der Waals surface area contributed by atoms with Crippen LogP contribution >= 0.6 is 0 Å². The van der Waals surface area contributed by atoms with Gasteiger partial charge < -0.3 is 16.0 Å². The molecule has 92 valence electrons. The van der Waals surface area contributed by atoms with E-state index in [2.05, 4.69) is 36.2 Å². The zero-order valence-corrected chi connectivity index (χ0v) is 10.9. The smallest absolute Gasteiger partial charge is 0.147 e. The first-order valence-electron chi connectivity index (χ1n) is 5.66. The van der Waals surface area contributed by atoms with Crippen LogP contribution < -0.4 is 11.1 Å². The van der Waals surface area contributed by atoms with E-state index in [4.69, 9.17) is 5.73 Å². The van der Waals surface area contributed by atoms with Gasteiger partial charge in [0.15, 0.2) is 0 Å². The highest BCUT2D eigenvalue weighted by molar-refractivity contribution is 5.64. The number of aryl methyl sites for hydroxylation is 2. The van der Waals surface area contributed by atoms with E-state index in [0.29, 0.717) is 6.04 Å². The van der Waals surface area contributed by atoms with Gasteiger partial charge in [-0.1, -0.05) is 0 Å². The Morgan fingerprint density at radius 3 is 2.56 bits per heavy atom. The Kier molecular flexibility index (Phi) is 4.18. The maximum absolute atomic E-state index is 5.92. The highest BCUT2D eigenvalue weighted by Crippen LogP contribution is 2.20. The van der Waals surface area contributed by atoms with Gasteiger partial charge in [0.2, 0.25) is 0 Å². The number of nitrogens with two attached hydrogens (primary N) is 1. The summed E-state index contributed by atoms with van der Waals surface area (Å²) in [6.07, 6.45) is 0. The van der Waals surface area contributed by atoms with Crippen molar-refractivity contribution in [1.82, 2.24) is 14.7 Å². The first kappa shape index (κ1) is 12.8. The molecule has 0 radical (unpaired) electrons.